The second kappa shape index (κ2) is 46.2. The zero-order chi connectivity index (χ0) is 87.8. The fraction of sp³-hybridized carbons (Fsp3) is 0.500. The molecule has 7 aromatic carbocycles. The number of unbranched alkanes of at least 4 members (excludes halogenated alkanes) is 1. The van der Waals surface area contributed by atoms with E-state index >= 15 is 0 Å². The van der Waals surface area contributed by atoms with Crippen molar-refractivity contribution >= 4 is 122 Å². The number of hydrogen-bond acceptors (Lipinski definition) is 18. The van der Waals surface area contributed by atoms with Crippen LogP contribution in [0.4, 0.5) is 0 Å². The normalized spacial score (nSPS) is 23.0. The van der Waals surface area contributed by atoms with Crippen LogP contribution in [0.3, 0.4) is 0 Å². The summed E-state index contributed by atoms with van der Waals surface area (Å²) in [7, 11) is 24.6. The quantitative estimate of drug-likeness (QED) is 0.0137. The molecule has 4 aliphatic heterocycles. The van der Waals surface area contributed by atoms with Crippen molar-refractivity contribution in [2.45, 2.75) is 206 Å². The van der Waals surface area contributed by atoms with Crippen LogP contribution in [0.25, 0.3) is 0 Å². The fourth-order valence-electron chi connectivity index (χ4n) is 17.8. The van der Waals surface area contributed by atoms with Crippen LogP contribution in [-0.4, -0.2) is 169 Å². The summed E-state index contributed by atoms with van der Waals surface area (Å²) in [5.74, 6) is 4.25. The molecular formula is C92H119B4LiO18P4S2. The van der Waals surface area contributed by atoms with E-state index in [0.717, 1.165) is 140 Å². The number of aryl methyl sites for hydroxylation is 12. The summed E-state index contributed by atoms with van der Waals surface area (Å²) >= 11 is 0. The number of hydrogen-bond donors (Lipinski definition) is 0. The second-order valence-corrected chi connectivity index (χ2v) is 42.9. The fourth-order valence-corrected chi connectivity index (χ4v) is 28.2. The third-order valence-corrected chi connectivity index (χ3v) is 33.5. The monoisotopic (exact) mass is 1750 g/mol. The Morgan fingerprint density at radius 2 is 0.818 bits per heavy atom. The van der Waals surface area contributed by atoms with Crippen LogP contribution in [0, 0.1) is 126 Å². The summed E-state index contributed by atoms with van der Waals surface area (Å²) in [5.41, 5.74) is 15.0. The van der Waals surface area contributed by atoms with Gasteiger partial charge in [0, 0.05) is 43.3 Å². The molecule has 0 amide bonds. The van der Waals surface area contributed by atoms with Crippen molar-refractivity contribution in [3.8, 4) is 28.7 Å². The zero-order valence-electron chi connectivity index (χ0n) is 74.2. The summed E-state index contributed by atoms with van der Waals surface area (Å²) in [6.45, 7) is 31.8. The van der Waals surface area contributed by atoms with Crippen molar-refractivity contribution in [2.75, 3.05) is 67.7 Å². The average molecular weight is 1750 g/mol. The molecular weight excluding hydrogens is 1630 g/mol. The second-order valence-electron chi connectivity index (χ2n) is 32.5. The number of fused-ring (bicyclic) bond motifs is 3. The number of methoxy groups -OCH3 is 5. The molecule has 7 fully saturated rings. The van der Waals surface area contributed by atoms with E-state index in [-0.39, 0.29) is 102 Å². The third-order valence-electron chi connectivity index (χ3n) is 23.6. The van der Waals surface area contributed by atoms with Gasteiger partial charge in [-0.3, -0.25) is 22.7 Å². The Labute approximate surface area is 744 Å². The predicted molar refractivity (Wildman–Crippen MR) is 490 cm³/mol. The van der Waals surface area contributed by atoms with E-state index in [9.17, 15) is 31.2 Å². The Hall–Kier alpha value is -5.69. The molecule has 4 unspecified atom stereocenters. The average Bonchev–Trinajstić information content (AvgIpc) is 1.63. The van der Waals surface area contributed by atoms with Gasteiger partial charge in [0.15, 0.2) is 0 Å². The van der Waals surface area contributed by atoms with Gasteiger partial charge in [0.2, 0.25) is 0 Å². The minimum absolute atomic E-state index is 0. The van der Waals surface area contributed by atoms with E-state index in [0.29, 0.717) is 39.3 Å². The summed E-state index contributed by atoms with van der Waals surface area (Å²) in [5, 5.41) is 4.89. The van der Waals surface area contributed by atoms with Gasteiger partial charge in [-0.15, -0.1) is 23.4 Å². The first kappa shape index (κ1) is 101. The maximum Gasteiger partial charge on any atom is 1.00 e. The van der Waals surface area contributed by atoms with E-state index in [4.69, 9.17) is 81.5 Å². The molecule has 3 aliphatic carbocycles. The van der Waals surface area contributed by atoms with Gasteiger partial charge in [0.05, 0.1) is 85.2 Å². The third kappa shape index (κ3) is 26.0. The van der Waals surface area contributed by atoms with Crippen LogP contribution in [0.1, 0.15) is 143 Å². The molecule has 0 spiro atoms. The molecule has 7 aromatic rings. The minimum atomic E-state index is -4.09. The Bertz CT molecular complexity index is 4790. The van der Waals surface area contributed by atoms with Crippen molar-refractivity contribution in [1.82, 2.24) is 0 Å². The maximum atomic E-state index is 12.8. The van der Waals surface area contributed by atoms with Gasteiger partial charge < -0.3 is 49.6 Å². The smallest absolute Gasteiger partial charge is 0.496 e. The minimum Gasteiger partial charge on any atom is -0.496 e. The molecule has 3 saturated carbocycles. The first-order valence-corrected chi connectivity index (χ1v) is 49.8. The van der Waals surface area contributed by atoms with Gasteiger partial charge in [-0.1, -0.05) is 81.3 Å². The van der Waals surface area contributed by atoms with E-state index in [1.807, 2.05) is 27.7 Å². The molecule has 16 atom stereocenters. The zero-order valence-corrected chi connectivity index (χ0v) is 79.5. The maximum absolute atomic E-state index is 12.8. The van der Waals surface area contributed by atoms with Gasteiger partial charge in [-0.2, -0.15) is 23.3 Å². The number of rotatable bonds is 24. The van der Waals surface area contributed by atoms with Crippen LogP contribution in [-0.2, 0) is 68.3 Å². The first-order valence-electron chi connectivity index (χ1n) is 41.2. The number of ether oxygens (including phenoxy) is 9. The van der Waals surface area contributed by atoms with Gasteiger partial charge >= 0.3 is 36.8 Å². The molecule has 14 rings (SSSR count). The molecule has 640 valence electrons. The van der Waals surface area contributed by atoms with Crippen LogP contribution >= 0.6 is 32.0 Å². The predicted octanol–water partition coefficient (Wildman–Crippen LogP) is 12.9. The summed E-state index contributed by atoms with van der Waals surface area (Å²) < 4.78 is 111. The van der Waals surface area contributed by atoms with E-state index in [2.05, 4.69) is 130 Å². The standard InChI is InChI=1S/C26H32B2O4P2.C26H33BO4P2.C22H24O8S2.C10H13BO.C4H8O.C4H9.Li/c1-14-7-18(8-15(2)25(14)30-5)33(27)13-21-20-11-24(29)32-22(20)12-23(21)34(28)19-9-16(3)26(31-6)17(4)10-19;1-14-7-18(8-15(2)25(14)29-5)32-23-12-22-20(11-24(28)31-22)21(23)13-33(27)19-9-16(3)26(30-6)17(4)10-19;1-14-3-7-16(8-4-14)31(24,25)28-13-19-18-11-22(23)29-20(18)12-21(19)30-32(26,27)17-9-5-15(2)6-10-17;1-7-4-9(6-11)5-8(2)10(7)12-3;1-2-4-5-3-1;1-3-4-2;/h7-10,20-23H,11-13H2,1-6H3;7-10,20-23,32H,11-13H2,1-6H3;3-10,18-21H,11-13H2,1-2H3;4-5H,6H2,1-3H3;1-4H2;1,3-4H2,2H3;/q;;;;;-1;+1/t20-,21-,22+,23+,33?,34?;20-,21-,22+,23+,33?;18-,19-,20+,21-;;;;/m111..../s1. The van der Waals surface area contributed by atoms with Crippen molar-refractivity contribution < 1.29 is 101 Å². The molecule has 0 aromatic heterocycles. The number of carbonyl (C=O) groups excluding carboxylic acids is 3. The van der Waals surface area contributed by atoms with E-state index in [1.54, 1.807) is 59.8 Å². The van der Waals surface area contributed by atoms with Gasteiger partial charge in [0.25, 0.3) is 20.2 Å². The molecule has 0 bridgehead atoms. The van der Waals surface area contributed by atoms with Crippen molar-refractivity contribution in [3.63, 3.8) is 0 Å². The largest absolute Gasteiger partial charge is 1.00 e. The van der Waals surface area contributed by atoms with Crippen LogP contribution in [0.5, 0.6) is 28.7 Å². The Kier molecular flexibility index (Phi) is 38.4. The summed E-state index contributed by atoms with van der Waals surface area (Å²) in [6.07, 6.45) is 8.75. The molecule has 7 aliphatic rings. The number of esters is 3. The summed E-state index contributed by atoms with van der Waals surface area (Å²) in [6, 6.07) is 34.0. The van der Waals surface area contributed by atoms with Gasteiger partial charge in [-0.25, -0.2) is 0 Å². The van der Waals surface area contributed by atoms with Crippen LogP contribution < -0.4 is 63.8 Å². The molecule has 0 N–H and O–H groups in total. The van der Waals surface area contributed by atoms with Crippen molar-refractivity contribution in [2.24, 2.45) is 35.5 Å². The number of benzene rings is 7. The van der Waals surface area contributed by atoms with Gasteiger partial charge in [0.1, 0.15) is 69.8 Å². The SMILES string of the molecule is C1CCOC1.Cc1ccc(S(=O)(=O)OC[C@@H]2[C@H]3CC(=O)O[C@H]3C[C@H]2OS(=O)(=O)c2ccc(C)cc2)cc1.[B]Cc1cc(C)c(OC)c(C)c1.[B]P(C[C@@H]1[C@H]2CC(=O)O[C@H]2C[C@@H]1P([B])c1cc(C)c(OC)c(C)c1)c1cc(C)c(OC)c(C)c1.[B]P(C[C@@H]1[C@H]2CC(=O)O[C@H]2C[C@@H]1Pc1cc(C)c(OC)c(C)c1)c1cc(C)c(OC)c(C)c1.[CH2-]CCC.[Li+]. The molecule has 18 nitrogen and oxygen atoms in total. The van der Waals surface area contributed by atoms with E-state index < -0.39 is 67.7 Å². The number of carbonyl (C=O) groups is 3. The molecule has 121 heavy (non-hydrogen) atoms. The van der Waals surface area contributed by atoms with Crippen molar-refractivity contribution in [1.29, 1.82) is 0 Å². The topological polar surface area (TPSA) is 221 Å². The Morgan fingerprint density at radius 3 is 1.20 bits per heavy atom. The Balaban J connectivity index is 0.000000200. The van der Waals surface area contributed by atoms with Crippen molar-refractivity contribution in [3.05, 3.63) is 188 Å². The van der Waals surface area contributed by atoms with Crippen LogP contribution in [0.15, 0.2) is 119 Å². The van der Waals surface area contributed by atoms with E-state index in [1.165, 1.54) is 70.6 Å². The van der Waals surface area contributed by atoms with Gasteiger partial charge in [-0.05, 0) is 294 Å². The molecule has 8 radical (unpaired) electrons. The molecule has 4 saturated heterocycles. The Morgan fingerprint density at radius 1 is 0.471 bits per heavy atom. The van der Waals surface area contributed by atoms with Crippen LogP contribution in [0.2, 0.25) is 0 Å². The first-order chi connectivity index (χ1) is 57.0. The summed E-state index contributed by atoms with van der Waals surface area (Å²) in [4.78, 5) is 36.0. The molecule has 4 heterocycles. The molecule has 29 heteroatoms.